The first-order valence-corrected chi connectivity index (χ1v) is 14.5. The second kappa shape index (κ2) is 11.8. The molecule has 8 N–H and O–H groups in total. The molecule has 3 aromatic heterocycles. The van der Waals surface area contributed by atoms with Gasteiger partial charge in [0.2, 0.25) is 0 Å². The maximum absolute atomic E-state index is 12.9. The molecule has 0 radical (unpaired) electrons. The Bertz CT molecular complexity index is 1630. The molecule has 2 aliphatic heterocycles. The molecule has 2 aliphatic rings. The molecule has 42 heavy (non-hydrogen) atoms. The number of rotatable bonds is 10. The Kier molecular flexibility index (Phi) is 8.52. The van der Waals surface area contributed by atoms with Crippen molar-refractivity contribution in [2.45, 2.75) is 49.1 Å². The Labute approximate surface area is 234 Å². The van der Waals surface area contributed by atoms with Gasteiger partial charge in [0.25, 0.3) is 0 Å². The van der Waals surface area contributed by atoms with Gasteiger partial charge in [0.05, 0.1) is 19.5 Å². The normalized spacial score (nSPS) is 31.0. The van der Waals surface area contributed by atoms with Crippen molar-refractivity contribution in [1.29, 1.82) is 0 Å². The van der Waals surface area contributed by atoms with E-state index in [2.05, 4.69) is 24.5 Å². The van der Waals surface area contributed by atoms with Crippen molar-refractivity contribution < 1.29 is 57.0 Å². The van der Waals surface area contributed by atoms with Crippen LogP contribution in [0.5, 0.6) is 0 Å². The van der Waals surface area contributed by atoms with E-state index >= 15 is 0 Å². The van der Waals surface area contributed by atoms with Crippen LogP contribution in [-0.2, 0) is 36.7 Å². The summed E-state index contributed by atoms with van der Waals surface area (Å²) in [5.41, 5.74) is 10.6. The summed E-state index contributed by atoms with van der Waals surface area (Å²) >= 11 is 0. The molecule has 3 aromatic rings. The number of nitrogen functional groups attached to an aromatic ring is 2. The molecule has 0 aliphatic carbocycles. The predicted octanol–water partition coefficient (Wildman–Crippen LogP) is -2.27. The molecule has 9 atom stereocenters. The molecule has 228 valence electrons. The number of fused-ring (bicyclic) bond motifs is 1. The lowest BCUT2D eigenvalue weighted by atomic mass is 10.1. The van der Waals surface area contributed by atoms with E-state index in [1.54, 1.807) is 0 Å². The SMILES string of the molecule is Nc1ccn([C@@H]2O[C@H](COP(=O)(O)O[C@H]3[C@@H](O)[C@H](n4cnc5c(N)ncnc54)O[C@@H]3COP(=O)=O)[C@@H](O)[C@H]2O)c(=O)n1. The van der Waals surface area contributed by atoms with Crippen LogP contribution >= 0.6 is 15.7 Å². The van der Waals surface area contributed by atoms with Gasteiger partial charge < -0.3 is 41.2 Å². The average molecular weight is 634 g/mol. The van der Waals surface area contributed by atoms with E-state index in [0.29, 0.717) is 0 Å². The van der Waals surface area contributed by atoms with Gasteiger partial charge >= 0.3 is 21.4 Å². The lowest BCUT2D eigenvalue weighted by Gasteiger charge is -2.23. The lowest BCUT2D eigenvalue weighted by molar-refractivity contribution is -0.0600. The standard InChI is InChI=1S/C19H24N8O13P2/c20-9-1-2-26(19(31)25-9)17-12(29)11(28)7(38-17)4-37-42(34,35)40-14-8(3-36-41(32)33)39-18(13(14)30)27-6-24-10-15(21)22-5-23-16(10)27/h1-2,5-8,11-14,17-18,28-30H,3-4H2,(H,34,35)(H2,20,25,31)(H2,21,22,23)/t7-,8-,11-,12-,13-,14-,17-,18-/m1/s1. The highest BCUT2D eigenvalue weighted by Crippen LogP contribution is 2.49. The van der Waals surface area contributed by atoms with Gasteiger partial charge in [-0.3, -0.25) is 22.7 Å². The van der Waals surface area contributed by atoms with Crippen LogP contribution in [0.15, 0.2) is 29.7 Å². The van der Waals surface area contributed by atoms with Crippen molar-refractivity contribution in [1.82, 2.24) is 29.1 Å². The van der Waals surface area contributed by atoms with Gasteiger partial charge in [-0.25, -0.2) is 33.4 Å². The summed E-state index contributed by atoms with van der Waals surface area (Å²) in [5, 5.41) is 31.7. The molecular weight excluding hydrogens is 610 g/mol. The maximum atomic E-state index is 12.9. The van der Waals surface area contributed by atoms with E-state index in [-0.39, 0.29) is 22.8 Å². The minimum absolute atomic E-state index is 0.0248. The zero-order valence-corrected chi connectivity index (χ0v) is 22.8. The summed E-state index contributed by atoms with van der Waals surface area (Å²) in [4.78, 5) is 37.9. The van der Waals surface area contributed by atoms with Crippen molar-refractivity contribution in [2.24, 2.45) is 0 Å². The Balaban J connectivity index is 1.30. The van der Waals surface area contributed by atoms with E-state index in [4.69, 9.17) is 30.0 Å². The maximum Gasteiger partial charge on any atom is 0.472 e. The van der Waals surface area contributed by atoms with Crippen LogP contribution in [0.4, 0.5) is 11.6 Å². The number of aliphatic hydroxyl groups excluding tert-OH is 3. The second-order valence-electron chi connectivity index (χ2n) is 9.08. The molecule has 0 bridgehead atoms. The average Bonchev–Trinajstić information content (AvgIpc) is 3.57. The third-order valence-electron chi connectivity index (χ3n) is 6.43. The fourth-order valence-corrected chi connectivity index (χ4v) is 5.71. The van der Waals surface area contributed by atoms with E-state index in [1.165, 1.54) is 23.2 Å². The zero-order valence-electron chi connectivity index (χ0n) is 21.0. The first-order chi connectivity index (χ1) is 19.9. The number of ether oxygens (including phenoxy) is 2. The van der Waals surface area contributed by atoms with Crippen LogP contribution < -0.4 is 17.2 Å². The van der Waals surface area contributed by atoms with Crippen molar-refractivity contribution in [2.75, 3.05) is 24.7 Å². The number of phosphoric ester groups is 1. The van der Waals surface area contributed by atoms with Crippen molar-refractivity contribution in [3.8, 4) is 0 Å². The molecule has 2 saturated heterocycles. The summed E-state index contributed by atoms with van der Waals surface area (Å²) < 4.78 is 62.8. The molecule has 21 nitrogen and oxygen atoms in total. The van der Waals surface area contributed by atoms with Crippen LogP contribution in [0.2, 0.25) is 0 Å². The van der Waals surface area contributed by atoms with Crippen molar-refractivity contribution in [3.05, 3.63) is 35.4 Å². The van der Waals surface area contributed by atoms with E-state index in [1.807, 2.05) is 0 Å². The molecule has 0 saturated carbocycles. The van der Waals surface area contributed by atoms with Crippen LogP contribution in [0.25, 0.3) is 11.2 Å². The molecule has 5 heterocycles. The van der Waals surface area contributed by atoms with Gasteiger partial charge in [0.1, 0.15) is 54.3 Å². The van der Waals surface area contributed by atoms with Gasteiger partial charge in [-0.1, -0.05) is 0 Å². The summed E-state index contributed by atoms with van der Waals surface area (Å²) in [6, 6.07) is 1.25. The van der Waals surface area contributed by atoms with Gasteiger partial charge in [0.15, 0.2) is 23.9 Å². The number of anilines is 2. The Morgan fingerprint density at radius 2 is 1.71 bits per heavy atom. The highest BCUT2D eigenvalue weighted by atomic mass is 31.2. The predicted molar refractivity (Wildman–Crippen MR) is 133 cm³/mol. The molecule has 23 heteroatoms. The monoisotopic (exact) mass is 634 g/mol. The molecule has 0 aromatic carbocycles. The second-order valence-corrected chi connectivity index (χ2v) is 11.2. The van der Waals surface area contributed by atoms with Crippen molar-refractivity contribution in [3.63, 3.8) is 0 Å². The molecule has 0 spiro atoms. The molecular formula is C19H24N8O13P2. The van der Waals surface area contributed by atoms with Crippen molar-refractivity contribution >= 4 is 38.5 Å². The van der Waals surface area contributed by atoms with Crippen LogP contribution in [-0.4, -0.2) is 99.1 Å². The molecule has 1 unspecified atom stereocenters. The number of hydrogen-bond donors (Lipinski definition) is 6. The van der Waals surface area contributed by atoms with Gasteiger partial charge in [-0.15, -0.1) is 0 Å². The van der Waals surface area contributed by atoms with Gasteiger partial charge in [-0.2, -0.15) is 4.98 Å². The highest BCUT2D eigenvalue weighted by molar-refractivity contribution is 7.47. The minimum Gasteiger partial charge on any atom is -0.387 e. The number of imidazole rings is 1. The Morgan fingerprint density at radius 3 is 2.43 bits per heavy atom. The highest BCUT2D eigenvalue weighted by Gasteiger charge is 2.50. The summed E-state index contributed by atoms with van der Waals surface area (Å²) in [6.45, 7) is -1.55. The number of nitrogens with two attached hydrogens (primary N) is 2. The fraction of sp³-hybridized carbons (Fsp3) is 0.526. The van der Waals surface area contributed by atoms with Crippen LogP contribution in [0.3, 0.4) is 0 Å². The third-order valence-corrected chi connectivity index (χ3v) is 7.78. The fourth-order valence-electron chi connectivity index (χ4n) is 4.47. The quantitative estimate of drug-likeness (QED) is 0.128. The topological polar surface area (TPSA) is 309 Å². The van der Waals surface area contributed by atoms with E-state index in [9.17, 15) is 38.7 Å². The van der Waals surface area contributed by atoms with E-state index in [0.717, 1.165) is 10.9 Å². The first-order valence-electron chi connectivity index (χ1n) is 11.9. The smallest absolute Gasteiger partial charge is 0.387 e. The van der Waals surface area contributed by atoms with E-state index < -0.39 is 83.7 Å². The Hall–Kier alpha value is -3.20. The number of aliphatic hydroxyl groups is 3. The third kappa shape index (κ3) is 5.98. The lowest BCUT2D eigenvalue weighted by Crippen LogP contribution is -2.37. The van der Waals surface area contributed by atoms with Gasteiger partial charge in [0, 0.05) is 6.20 Å². The summed E-state index contributed by atoms with van der Waals surface area (Å²) in [5.74, 6) is -0.0657. The van der Waals surface area contributed by atoms with Crippen LogP contribution in [0, 0.1) is 0 Å². The zero-order chi connectivity index (χ0) is 30.3. The van der Waals surface area contributed by atoms with Crippen LogP contribution in [0.1, 0.15) is 12.5 Å². The Morgan fingerprint density at radius 1 is 1.00 bits per heavy atom. The molecule has 2 fully saturated rings. The molecule has 5 rings (SSSR count). The first kappa shape index (κ1) is 30.3. The van der Waals surface area contributed by atoms with Gasteiger partial charge in [-0.05, 0) is 6.07 Å². The number of phosphoric acid groups is 1. The summed E-state index contributed by atoms with van der Waals surface area (Å²) in [6.07, 6.45) is -8.92. The number of aromatic nitrogens is 6. The molecule has 0 amide bonds. The number of nitrogens with zero attached hydrogens (tertiary/aromatic N) is 6. The number of hydrogen-bond acceptors (Lipinski definition) is 18. The largest absolute Gasteiger partial charge is 0.472 e. The minimum atomic E-state index is -5.12. The summed E-state index contributed by atoms with van der Waals surface area (Å²) in [7, 11) is -8.48.